The number of hydrogen-bond acceptors (Lipinski definition) is 3. The monoisotopic (exact) mass is 214 g/mol. The van der Waals surface area contributed by atoms with Crippen molar-refractivity contribution >= 4 is 0 Å². The molecule has 3 heteroatoms. The molecule has 16 heavy (non-hydrogen) atoms. The lowest BCUT2D eigenvalue weighted by Gasteiger charge is -2.05. The van der Waals surface area contributed by atoms with Gasteiger partial charge in [0.2, 0.25) is 0 Å². The molecule has 0 heterocycles. The van der Waals surface area contributed by atoms with Gasteiger partial charge in [0, 0.05) is 19.5 Å². The number of hydrogen-bond donors (Lipinski definition) is 1. The summed E-state index contributed by atoms with van der Waals surface area (Å²) in [5.74, 6) is 3.29. The highest BCUT2D eigenvalue weighted by Gasteiger charge is 1.94. The topological polar surface area (TPSA) is 45.0 Å². The van der Waals surface area contributed by atoms with E-state index in [-0.39, 0.29) is 6.61 Å². The number of ether oxygens (including phenoxy) is 1. The van der Waals surface area contributed by atoms with Crippen molar-refractivity contribution in [3.05, 3.63) is 29.8 Å². The molecule has 0 atom stereocenters. The van der Waals surface area contributed by atoms with Crippen molar-refractivity contribution in [2.24, 2.45) is 0 Å². The molecule has 0 fully saturated rings. The van der Waals surface area contributed by atoms with Gasteiger partial charge in [0.25, 0.3) is 0 Å². The molecule has 82 valence electrons. The molecule has 0 spiro atoms. The first kappa shape index (κ1) is 12.1. The lowest BCUT2D eigenvalue weighted by molar-refractivity contribution is 0.368. The number of rotatable bonds is 6. The van der Waals surface area contributed by atoms with Crippen molar-refractivity contribution in [3.63, 3.8) is 0 Å². The molecule has 0 radical (unpaired) electrons. The van der Waals surface area contributed by atoms with Crippen molar-refractivity contribution < 1.29 is 4.74 Å². The van der Waals surface area contributed by atoms with E-state index < -0.39 is 0 Å². The Bertz CT molecular complexity index is 384. The molecular weight excluding hydrogens is 200 g/mol. The molecule has 0 saturated carbocycles. The summed E-state index contributed by atoms with van der Waals surface area (Å²) in [6.45, 7) is 1.70. The third-order valence-corrected chi connectivity index (χ3v) is 2.00. The number of nitrogens with one attached hydrogen (secondary N) is 1. The van der Waals surface area contributed by atoms with E-state index in [1.165, 1.54) is 5.56 Å². The highest BCUT2D eigenvalue weighted by molar-refractivity contribution is 5.27. The summed E-state index contributed by atoms with van der Waals surface area (Å²) in [5, 5.41) is 11.6. The third-order valence-electron chi connectivity index (χ3n) is 2.00. The minimum atomic E-state index is 0.0831. The number of nitrogens with zero attached hydrogens (tertiary/aromatic N) is 1. The number of benzene rings is 1. The number of terminal acetylenes is 1. The SMILES string of the molecule is C#CCCNCc1ccc(OCC#N)cc1. The Labute approximate surface area is 96.0 Å². The van der Waals surface area contributed by atoms with Gasteiger partial charge in [0.05, 0.1) is 0 Å². The quantitative estimate of drug-likeness (QED) is 0.579. The van der Waals surface area contributed by atoms with Crippen molar-refractivity contribution in [2.75, 3.05) is 13.2 Å². The third kappa shape index (κ3) is 4.50. The zero-order chi connectivity index (χ0) is 11.6. The summed E-state index contributed by atoms with van der Waals surface area (Å²) in [6.07, 6.45) is 5.88. The molecule has 0 saturated heterocycles. The Hall–Kier alpha value is -1.97. The van der Waals surface area contributed by atoms with Crippen LogP contribution in [0.25, 0.3) is 0 Å². The summed E-state index contributed by atoms with van der Waals surface area (Å²) >= 11 is 0. The summed E-state index contributed by atoms with van der Waals surface area (Å²) in [4.78, 5) is 0. The molecule has 1 aromatic rings. The lowest BCUT2D eigenvalue weighted by Crippen LogP contribution is -2.13. The van der Waals surface area contributed by atoms with Crippen LogP contribution in [0.15, 0.2) is 24.3 Å². The molecule has 0 unspecified atom stereocenters. The van der Waals surface area contributed by atoms with Crippen molar-refractivity contribution in [2.45, 2.75) is 13.0 Å². The first-order valence-corrected chi connectivity index (χ1v) is 5.09. The van der Waals surface area contributed by atoms with Crippen LogP contribution in [0.3, 0.4) is 0 Å². The molecule has 1 rings (SSSR count). The van der Waals surface area contributed by atoms with Crippen LogP contribution in [0.2, 0.25) is 0 Å². The standard InChI is InChI=1S/C13H14N2O/c1-2-3-9-15-11-12-4-6-13(7-5-12)16-10-8-14/h1,4-7,15H,3,9-11H2. The maximum atomic E-state index is 8.35. The maximum absolute atomic E-state index is 8.35. The average molecular weight is 214 g/mol. The highest BCUT2D eigenvalue weighted by atomic mass is 16.5. The largest absolute Gasteiger partial charge is 0.479 e. The highest BCUT2D eigenvalue weighted by Crippen LogP contribution is 2.11. The molecule has 3 nitrogen and oxygen atoms in total. The first-order valence-electron chi connectivity index (χ1n) is 5.09. The molecule has 0 aliphatic heterocycles. The van der Waals surface area contributed by atoms with Gasteiger partial charge in [0.15, 0.2) is 6.61 Å². The van der Waals surface area contributed by atoms with E-state index >= 15 is 0 Å². The van der Waals surface area contributed by atoms with E-state index in [1.54, 1.807) is 0 Å². The van der Waals surface area contributed by atoms with Gasteiger partial charge in [-0.25, -0.2) is 0 Å². The van der Waals surface area contributed by atoms with Gasteiger partial charge in [-0.05, 0) is 17.7 Å². The van der Waals surface area contributed by atoms with Crippen LogP contribution in [0.1, 0.15) is 12.0 Å². The summed E-state index contributed by atoms with van der Waals surface area (Å²) in [5.41, 5.74) is 1.17. The van der Waals surface area contributed by atoms with Gasteiger partial charge < -0.3 is 10.1 Å². The Balaban J connectivity index is 2.34. The predicted molar refractivity (Wildman–Crippen MR) is 62.7 cm³/mol. The second-order valence-corrected chi connectivity index (χ2v) is 3.22. The van der Waals surface area contributed by atoms with Gasteiger partial charge in [-0.3, -0.25) is 0 Å². The Morgan fingerprint density at radius 1 is 1.31 bits per heavy atom. The van der Waals surface area contributed by atoms with Crippen molar-refractivity contribution in [3.8, 4) is 24.2 Å². The van der Waals surface area contributed by atoms with Crippen molar-refractivity contribution in [1.29, 1.82) is 5.26 Å². The summed E-state index contributed by atoms with van der Waals surface area (Å²) in [6, 6.07) is 9.57. The molecule has 0 bridgehead atoms. The van der Waals surface area contributed by atoms with Crippen LogP contribution in [0, 0.1) is 23.7 Å². The minimum absolute atomic E-state index is 0.0831. The first-order chi connectivity index (χ1) is 7.86. The Morgan fingerprint density at radius 2 is 2.06 bits per heavy atom. The average Bonchev–Trinajstić information content (AvgIpc) is 2.33. The van der Waals surface area contributed by atoms with Crippen LogP contribution in [-0.4, -0.2) is 13.2 Å². The van der Waals surface area contributed by atoms with Crippen LogP contribution in [0.5, 0.6) is 5.75 Å². The minimum Gasteiger partial charge on any atom is -0.479 e. The molecule has 1 aromatic carbocycles. The van der Waals surface area contributed by atoms with Gasteiger partial charge in [-0.2, -0.15) is 5.26 Å². The van der Waals surface area contributed by atoms with E-state index in [9.17, 15) is 0 Å². The van der Waals surface area contributed by atoms with E-state index in [1.807, 2.05) is 30.3 Å². The second kappa shape index (κ2) is 7.34. The predicted octanol–water partition coefficient (Wildman–Crippen LogP) is 1.70. The Kier molecular flexibility index (Phi) is 5.55. The van der Waals surface area contributed by atoms with Crippen LogP contribution >= 0.6 is 0 Å². The molecule has 0 aromatic heterocycles. The molecule has 0 aliphatic carbocycles. The zero-order valence-electron chi connectivity index (χ0n) is 9.07. The van der Waals surface area contributed by atoms with E-state index in [0.29, 0.717) is 5.75 Å². The van der Waals surface area contributed by atoms with Crippen molar-refractivity contribution in [1.82, 2.24) is 5.32 Å². The smallest absolute Gasteiger partial charge is 0.174 e. The van der Waals surface area contributed by atoms with E-state index in [2.05, 4.69) is 11.2 Å². The molecular formula is C13H14N2O. The fourth-order valence-corrected chi connectivity index (χ4v) is 1.21. The normalized spacial score (nSPS) is 9.12. The van der Waals surface area contributed by atoms with Crippen LogP contribution < -0.4 is 10.1 Å². The van der Waals surface area contributed by atoms with Gasteiger partial charge in [0.1, 0.15) is 11.8 Å². The Morgan fingerprint density at radius 3 is 2.69 bits per heavy atom. The summed E-state index contributed by atoms with van der Waals surface area (Å²) in [7, 11) is 0. The number of nitriles is 1. The fourth-order valence-electron chi connectivity index (χ4n) is 1.21. The molecule has 1 N–H and O–H groups in total. The lowest BCUT2D eigenvalue weighted by atomic mass is 10.2. The van der Waals surface area contributed by atoms with Crippen LogP contribution in [-0.2, 0) is 6.54 Å². The van der Waals surface area contributed by atoms with Gasteiger partial charge >= 0.3 is 0 Å². The zero-order valence-corrected chi connectivity index (χ0v) is 9.07. The maximum Gasteiger partial charge on any atom is 0.174 e. The van der Waals surface area contributed by atoms with E-state index in [0.717, 1.165) is 19.5 Å². The fraction of sp³-hybridized carbons (Fsp3) is 0.308. The molecule has 0 amide bonds. The van der Waals surface area contributed by atoms with Gasteiger partial charge in [-0.1, -0.05) is 12.1 Å². The van der Waals surface area contributed by atoms with E-state index in [4.69, 9.17) is 16.4 Å². The van der Waals surface area contributed by atoms with Gasteiger partial charge in [-0.15, -0.1) is 12.3 Å². The van der Waals surface area contributed by atoms with Crippen LogP contribution in [0.4, 0.5) is 0 Å². The molecule has 0 aliphatic rings. The second-order valence-electron chi connectivity index (χ2n) is 3.22. The summed E-state index contributed by atoms with van der Waals surface area (Å²) < 4.78 is 5.15.